The van der Waals surface area contributed by atoms with Crippen molar-refractivity contribution in [2.45, 2.75) is 40.5 Å². The van der Waals surface area contributed by atoms with Crippen LogP contribution in [0.5, 0.6) is 17.2 Å². The van der Waals surface area contributed by atoms with Crippen LogP contribution in [0.3, 0.4) is 0 Å². The van der Waals surface area contributed by atoms with Crippen LogP contribution in [0.2, 0.25) is 0 Å². The largest absolute Gasteiger partial charge is 0.507 e. The van der Waals surface area contributed by atoms with Crippen LogP contribution >= 0.6 is 0 Å². The van der Waals surface area contributed by atoms with Gasteiger partial charge in [0.2, 0.25) is 11.2 Å². The van der Waals surface area contributed by atoms with Crippen LogP contribution in [0.25, 0.3) is 22.3 Å². The summed E-state index contributed by atoms with van der Waals surface area (Å²) in [4.78, 5) is 17.4. The van der Waals surface area contributed by atoms with Gasteiger partial charge in [0.15, 0.2) is 5.76 Å². The number of methoxy groups -OCH3 is 1. The molecule has 0 saturated heterocycles. The predicted octanol–water partition coefficient (Wildman–Crippen LogP) is 5.29. The molecule has 2 aromatic heterocycles. The third-order valence-electron chi connectivity index (χ3n) is 5.01. The Morgan fingerprint density at radius 3 is 2.13 bits per heavy atom. The van der Waals surface area contributed by atoms with Crippen molar-refractivity contribution in [1.82, 2.24) is 4.98 Å². The Morgan fingerprint density at radius 1 is 1.00 bits per heavy atom. The molecule has 31 heavy (non-hydrogen) atoms. The number of rotatable bonds is 6. The van der Waals surface area contributed by atoms with Crippen molar-refractivity contribution in [3.05, 3.63) is 69.2 Å². The summed E-state index contributed by atoms with van der Waals surface area (Å²) in [7, 11) is 1.38. The normalized spacial score (nSPS) is 10.7. The Bertz CT molecular complexity index is 1230. The summed E-state index contributed by atoms with van der Waals surface area (Å²) in [5, 5.41) is 22.0. The molecule has 0 saturated carbocycles. The molecule has 0 radical (unpaired) electrons. The van der Waals surface area contributed by atoms with Crippen LogP contribution in [0.15, 0.2) is 57.0 Å². The quantitative estimate of drug-likeness (QED) is 0.525. The van der Waals surface area contributed by atoms with Crippen LogP contribution in [0, 0.1) is 0 Å². The topological polar surface area (TPSA) is 92.8 Å². The third-order valence-corrected chi connectivity index (χ3v) is 5.01. The Balaban J connectivity index is 2.46. The number of pyridine rings is 1. The standard InChI is InChI=1S/C25H27NO5/c1-14(2)6-8-17-20(27)18(9-7-15(3)4)24-19(21(17)28)22(29)25(30-5)23(31-24)16-10-12-26-13-11-16/h6-7,10-13,27-28H,8-9H2,1-5H3. The van der Waals surface area contributed by atoms with Gasteiger partial charge in [-0.3, -0.25) is 9.78 Å². The SMILES string of the molecule is COc1c(-c2ccncc2)oc2c(CC=C(C)C)c(O)c(CC=C(C)C)c(O)c2c1=O. The lowest BCUT2D eigenvalue weighted by Crippen LogP contribution is -2.10. The van der Waals surface area contributed by atoms with Gasteiger partial charge < -0.3 is 19.4 Å². The molecule has 0 spiro atoms. The lowest BCUT2D eigenvalue weighted by Gasteiger charge is -2.16. The summed E-state index contributed by atoms with van der Waals surface area (Å²) in [6, 6.07) is 3.40. The fourth-order valence-electron chi connectivity index (χ4n) is 3.37. The number of aromatic nitrogens is 1. The zero-order valence-corrected chi connectivity index (χ0v) is 18.4. The highest BCUT2D eigenvalue weighted by atomic mass is 16.5. The molecule has 0 aliphatic carbocycles. The number of hydrogen-bond donors (Lipinski definition) is 2. The molecule has 1 aromatic carbocycles. The Morgan fingerprint density at radius 2 is 1.58 bits per heavy atom. The number of ether oxygens (including phenoxy) is 1. The molecule has 0 atom stereocenters. The first-order chi connectivity index (χ1) is 14.8. The minimum atomic E-state index is -0.495. The Labute approximate surface area is 181 Å². The smallest absolute Gasteiger partial charge is 0.239 e. The van der Waals surface area contributed by atoms with Gasteiger partial charge in [-0.25, -0.2) is 0 Å². The van der Waals surface area contributed by atoms with Gasteiger partial charge >= 0.3 is 0 Å². The molecule has 3 rings (SSSR count). The molecule has 3 aromatic rings. The molecular weight excluding hydrogens is 394 g/mol. The number of hydrogen-bond acceptors (Lipinski definition) is 6. The van der Waals surface area contributed by atoms with Gasteiger partial charge in [-0.15, -0.1) is 0 Å². The maximum absolute atomic E-state index is 13.4. The van der Waals surface area contributed by atoms with Crippen molar-refractivity contribution in [2.24, 2.45) is 0 Å². The predicted molar refractivity (Wildman–Crippen MR) is 122 cm³/mol. The number of fused-ring (bicyclic) bond motifs is 1. The number of aromatic hydroxyl groups is 2. The van der Waals surface area contributed by atoms with E-state index in [1.807, 2.05) is 39.8 Å². The summed E-state index contributed by atoms with van der Waals surface area (Å²) >= 11 is 0. The fraction of sp³-hybridized carbons (Fsp3) is 0.280. The lowest BCUT2D eigenvalue weighted by molar-refractivity contribution is 0.396. The summed E-state index contributed by atoms with van der Waals surface area (Å²) in [5.74, 6) is -0.161. The van der Waals surface area contributed by atoms with Crippen molar-refractivity contribution in [1.29, 1.82) is 0 Å². The van der Waals surface area contributed by atoms with Crippen LogP contribution < -0.4 is 10.2 Å². The van der Waals surface area contributed by atoms with E-state index in [1.165, 1.54) is 7.11 Å². The van der Waals surface area contributed by atoms with Gasteiger partial charge in [0.05, 0.1) is 7.11 Å². The Kier molecular flexibility index (Phi) is 6.49. The number of phenolic OH excluding ortho intramolecular Hbond substituents is 2. The van der Waals surface area contributed by atoms with E-state index in [1.54, 1.807) is 24.5 Å². The van der Waals surface area contributed by atoms with E-state index in [9.17, 15) is 15.0 Å². The monoisotopic (exact) mass is 421 g/mol. The first kappa shape index (κ1) is 22.2. The van der Waals surface area contributed by atoms with Gasteiger partial charge in [0, 0.05) is 29.1 Å². The number of benzene rings is 1. The molecule has 162 valence electrons. The van der Waals surface area contributed by atoms with Crippen molar-refractivity contribution in [3.63, 3.8) is 0 Å². The summed E-state index contributed by atoms with van der Waals surface area (Å²) in [6.45, 7) is 7.76. The van der Waals surface area contributed by atoms with Crippen molar-refractivity contribution in [2.75, 3.05) is 7.11 Å². The zero-order valence-electron chi connectivity index (χ0n) is 18.4. The summed E-state index contributed by atoms with van der Waals surface area (Å²) in [6.07, 6.45) is 7.62. The van der Waals surface area contributed by atoms with E-state index in [0.717, 1.165) is 11.1 Å². The molecule has 0 aliphatic rings. The molecule has 2 N–H and O–H groups in total. The summed E-state index contributed by atoms with van der Waals surface area (Å²) < 4.78 is 11.5. The maximum Gasteiger partial charge on any atom is 0.239 e. The van der Waals surface area contributed by atoms with Crippen LogP contribution in [0.4, 0.5) is 0 Å². The van der Waals surface area contributed by atoms with Gasteiger partial charge in [-0.2, -0.15) is 0 Å². The van der Waals surface area contributed by atoms with Crippen LogP contribution in [0.1, 0.15) is 38.8 Å². The molecule has 0 amide bonds. The zero-order chi connectivity index (χ0) is 22.7. The van der Waals surface area contributed by atoms with Crippen LogP contribution in [-0.2, 0) is 12.8 Å². The van der Waals surface area contributed by atoms with E-state index < -0.39 is 5.43 Å². The minimum absolute atomic E-state index is 0.00164. The minimum Gasteiger partial charge on any atom is -0.507 e. The van der Waals surface area contributed by atoms with E-state index in [4.69, 9.17) is 9.15 Å². The van der Waals surface area contributed by atoms with Crippen molar-refractivity contribution in [3.8, 4) is 28.6 Å². The average molecular weight is 421 g/mol. The maximum atomic E-state index is 13.4. The number of nitrogens with zero attached hydrogens (tertiary/aromatic N) is 1. The van der Waals surface area contributed by atoms with Crippen LogP contribution in [-0.4, -0.2) is 22.3 Å². The second-order valence-corrected chi connectivity index (χ2v) is 7.86. The Hall–Kier alpha value is -3.54. The first-order valence-electron chi connectivity index (χ1n) is 10.0. The van der Waals surface area contributed by atoms with Gasteiger partial charge in [0.25, 0.3) is 0 Å². The number of phenols is 2. The summed E-state index contributed by atoms with van der Waals surface area (Å²) in [5.41, 5.74) is 3.07. The molecule has 6 nitrogen and oxygen atoms in total. The van der Waals surface area contributed by atoms with E-state index in [0.29, 0.717) is 17.5 Å². The van der Waals surface area contributed by atoms with E-state index in [-0.39, 0.29) is 46.0 Å². The second-order valence-electron chi connectivity index (χ2n) is 7.86. The number of allylic oxidation sites excluding steroid dienone is 4. The second kappa shape index (κ2) is 9.08. The average Bonchev–Trinajstić information content (AvgIpc) is 2.73. The lowest BCUT2D eigenvalue weighted by atomic mass is 9.96. The highest BCUT2D eigenvalue weighted by Crippen LogP contribution is 2.42. The molecule has 0 fully saturated rings. The molecule has 0 unspecified atom stereocenters. The highest BCUT2D eigenvalue weighted by molar-refractivity contribution is 5.93. The van der Waals surface area contributed by atoms with Crippen molar-refractivity contribution < 1.29 is 19.4 Å². The van der Waals surface area contributed by atoms with E-state index >= 15 is 0 Å². The third kappa shape index (κ3) is 4.33. The highest BCUT2D eigenvalue weighted by Gasteiger charge is 2.26. The van der Waals surface area contributed by atoms with E-state index in [2.05, 4.69) is 4.98 Å². The van der Waals surface area contributed by atoms with Crippen molar-refractivity contribution >= 4 is 11.0 Å². The first-order valence-corrected chi connectivity index (χ1v) is 10.0. The molecule has 6 heteroatoms. The molecule has 0 bridgehead atoms. The van der Waals surface area contributed by atoms with Gasteiger partial charge in [0.1, 0.15) is 22.5 Å². The molecule has 2 heterocycles. The van der Waals surface area contributed by atoms with Gasteiger partial charge in [-0.05, 0) is 52.7 Å². The molecular formula is C25H27NO5. The van der Waals surface area contributed by atoms with Gasteiger partial charge in [-0.1, -0.05) is 23.3 Å². The molecule has 0 aliphatic heterocycles. The fourth-order valence-corrected chi connectivity index (χ4v) is 3.37.